The zero-order valence-electron chi connectivity index (χ0n) is 13.7. The summed E-state index contributed by atoms with van der Waals surface area (Å²) in [4.78, 5) is 0. The van der Waals surface area contributed by atoms with Crippen LogP contribution < -0.4 is 14.8 Å². The molecule has 1 atom stereocenters. The van der Waals surface area contributed by atoms with Crippen molar-refractivity contribution in [3.63, 3.8) is 0 Å². The molecule has 0 amide bonds. The third kappa shape index (κ3) is 4.71. The molecule has 0 aliphatic carbocycles. The minimum absolute atomic E-state index is 0.0315. The number of nitrogens with one attached hydrogen (secondary N) is 1. The Hall–Kier alpha value is -1.22. The van der Waals surface area contributed by atoms with E-state index in [1.165, 1.54) is 5.56 Å². The molecule has 3 nitrogen and oxygen atoms in total. The molecule has 114 valence electrons. The predicted molar refractivity (Wildman–Crippen MR) is 84.9 cm³/mol. The van der Waals surface area contributed by atoms with Crippen molar-refractivity contribution in [2.75, 3.05) is 20.8 Å². The molecule has 0 saturated heterocycles. The second kappa shape index (κ2) is 7.53. The van der Waals surface area contributed by atoms with Gasteiger partial charge in [-0.05, 0) is 37.1 Å². The Morgan fingerprint density at radius 2 is 1.95 bits per heavy atom. The molecule has 1 rings (SSSR count). The van der Waals surface area contributed by atoms with Crippen molar-refractivity contribution in [1.82, 2.24) is 5.32 Å². The second-order valence-electron chi connectivity index (χ2n) is 6.20. The molecule has 0 saturated carbocycles. The van der Waals surface area contributed by atoms with Gasteiger partial charge in [-0.2, -0.15) is 0 Å². The fourth-order valence-electron chi connectivity index (χ4n) is 2.20. The van der Waals surface area contributed by atoms with Crippen LogP contribution in [0.2, 0.25) is 0 Å². The number of hydrogen-bond donors (Lipinski definition) is 1. The van der Waals surface area contributed by atoms with E-state index in [0.29, 0.717) is 12.6 Å². The zero-order valence-corrected chi connectivity index (χ0v) is 13.7. The van der Waals surface area contributed by atoms with Crippen LogP contribution in [0.5, 0.6) is 11.5 Å². The third-order valence-corrected chi connectivity index (χ3v) is 3.48. The molecule has 0 fully saturated rings. The summed E-state index contributed by atoms with van der Waals surface area (Å²) >= 11 is 0. The van der Waals surface area contributed by atoms with Gasteiger partial charge in [-0.25, -0.2) is 0 Å². The first-order chi connectivity index (χ1) is 9.42. The van der Waals surface area contributed by atoms with Crippen LogP contribution in [0.15, 0.2) is 18.2 Å². The maximum Gasteiger partial charge on any atom is 0.123 e. The molecule has 1 unspecified atom stereocenters. The monoisotopic (exact) mass is 279 g/mol. The molecule has 0 radical (unpaired) electrons. The van der Waals surface area contributed by atoms with E-state index in [0.717, 1.165) is 24.3 Å². The highest BCUT2D eigenvalue weighted by atomic mass is 16.5. The lowest BCUT2D eigenvalue weighted by Crippen LogP contribution is -2.31. The van der Waals surface area contributed by atoms with Crippen LogP contribution in [-0.2, 0) is 5.41 Å². The van der Waals surface area contributed by atoms with Crippen molar-refractivity contribution < 1.29 is 9.47 Å². The molecule has 0 aromatic heterocycles. The van der Waals surface area contributed by atoms with Gasteiger partial charge in [0.25, 0.3) is 0 Å². The summed E-state index contributed by atoms with van der Waals surface area (Å²) in [6.45, 7) is 9.46. The van der Waals surface area contributed by atoms with Gasteiger partial charge in [0, 0.05) is 11.6 Å². The van der Waals surface area contributed by atoms with Crippen molar-refractivity contribution in [2.45, 2.75) is 52.0 Å². The molecule has 0 bridgehead atoms. The minimum Gasteiger partial charge on any atom is -0.497 e. The molecule has 20 heavy (non-hydrogen) atoms. The normalized spacial score (nSPS) is 13.1. The highest BCUT2D eigenvalue weighted by Gasteiger charge is 2.20. The van der Waals surface area contributed by atoms with Crippen LogP contribution in [0.3, 0.4) is 0 Å². The lowest BCUT2D eigenvalue weighted by molar-refractivity contribution is 0.257. The number of likely N-dealkylation sites (N-methyl/N-ethyl adjacent to an activating group) is 1. The Labute approximate surface area is 123 Å². The summed E-state index contributed by atoms with van der Waals surface area (Å²) in [6, 6.07) is 6.44. The van der Waals surface area contributed by atoms with E-state index in [2.05, 4.69) is 39.1 Å². The van der Waals surface area contributed by atoms with Crippen LogP contribution in [0, 0.1) is 0 Å². The van der Waals surface area contributed by atoms with Crippen LogP contribution >= 0.6 is 0 Å². The highest BCUT2D eigenvalue weighted by molar-refractivity contribution is 5.44. The van der Waals surface area contributed by atoms with Crippen LogP contribution in [0.25, 0.3) is 0 Å². The van der Waals surface area contributed by atoms with E-state index in [9.17, 15) is 0 Å². The molecule has 0 aliphatic rings. The van der Waals surface area contributed by atoms with Gasteiger partial charge in [0.2, 0.25) is 0 Å². The number of hydrogen-bond acceptors (Lipinski definition) is 3. The number of ether oxygens (including phenoxy) is 2. The second-order valence-corrected chi connectivity index (χ2v) is 6.20. The highest BCUT2D eigenvalue weighted by Crippen LogP contribution is 2.34. The van der Waals surface area contributed by atoms with Crippen molar-refractivity contribution in [3.05, 3.63) is 23.8 Å². The Balaban J connectivity index is 2.88. The maximum absolute atomic E-state index is 6.05. The lowest BCUT2D eigenvalue weighted by atomic mass is 9.86. The molecular formula is C17H29NO2. The van der Waals surface area contributed by atoms with Gasteiger partial charge in [0.15, 0.2) is 0 Å². The third-order valence-electron chi connectivity index (χ3n) is 3.48. The summed E-state index contributed by atoms with van der Waals surface area (Å²) in [5.41, 5.74) is 1.22. The fourth-order valence-corrected chi connectivity index (χ4v) is 2.20. The Morgan fingerprint density at radius 3 is 2.45 bits per heavy atom. The summed E-state index contributed by atoms with van der Waals surface area (Å²) in [7, 11) is 3.68. The lowest BCUT2D eigenvalue weighted by Gasteiger charge is -2.25. The zero-order chi connectivity index (χ0) is 15.2. The average Bonchev–Trinajstić information content (AvgIpc) is 2.42. The van der Waals surface area contributed by atoms with Crippen molar-refractivity contribution >= 4 is 0 Å². The van der Waals surface area contributed by atoms with Crippen molar-refractivity contribution in [3.8, 4) is 11.5 Å². The van der Waals surface area contributed by atoms with E-state index in [-0.39, 0.29) is 5.41 Å². The molecule has 1 aromatic rings. The molecule has 0 aliphatic heterocycles. The van der Waals surface area contributed by atoms with Gasteiger partial charge in [-0.3, -0.25) is 0 Å². The Morgan fingerprint density at radius 1 is 1.25 bits per heavy atom. The molecule has 3 heteroatoms. The number of benzene rings is 1. The van der Waals surface area contributed by atoms with Crippen LogP contribution in [-0.4, -0.2) is 26.8 Å². The molecule has 0 spiro atoms. The van der Waals surface area contributed by atoms with Gasteiger partial charge < -0.3 is 14.8 Å². The SMILES string of the molecule is CCCC(COc1ccc(OC)cc1C(C)(C)C)NC. The fraction of sp³-hybridized carbons (Fsp3) is 0.647. The largest absolute Gasteiger partial charge is 0.497 e. The van der Waals surface area contributed by atoms with Crippen molar-refractivity contribution in [2.24, 2.45) is 0 Å². The standard InChI is InChI=1S/C17H29NO2/c1-7-8-13(18-5)12-20-16-10-9-14(19-6)11-15(16)17(2,3)4/h9-11,13,18H,7-8,12H2,1-6H3. The maximum atomic E-state index is 6.05. The minimum atomic E-state index is 0.0315. The first kappa shape index (κ1) is 16.8. The Bertz CT molecular complexity index is 410. The van der Waals surface area contributed by atoms with Crippen LogP contribution in [0.1, 0.15) is 46.1 Å². The molecule has 0 heterocycles. The number of methoxy groups -OCH3 is 1. The first-order valence-electron chi connectivity index (χ1n) is 7.41. The van der Waals surface area contributed by atoms with E-state index in [4.69, 9.17) is 9.47 Å². The van der Waals surface area contributed by atoms with Gasteiger partial charge in [0.05, 0.1) is 7.11 Å². The van der Waals surface area contributed by atoms with Gasteiger partial charge in [0.1, 0.15) is 18.1 Å². The summed E-state index contributed by atoms with van der Waals surface area (Å²) in [6.07, 6.45) is 2.28. The summed E-state index contributed by atoms with van der Waals surface area (Å²) in [5, 5.41) is 3.30. The topological polar surface area (TPSA) is 30.5 Å². The summed E-state index contributed by atoms with van der Waals surface area (Å²) in [5.74, 6) is 1.83. The molecule has 1 aromatic carbocycles. The van der Waals surface area contributed by atoms with E-state index in [1.807, 2.05) is 19.2 Å². The first-order valence-corrected chi connectivity index (χ1v) is 7.41. The number of rotatable bonds is 7. The van der Waals surface area contributed by atoms with E-state index >= 15 is 0 Å². The van der Waals surface area contributed by atoms with Gasteiger partial charge in [-0.15, -0.1) is 0 Å². The average molecular weight is 279 g/mol. The smallest absolute Gasteiger partial charge is 0.123 e. The predicted octanol–water partition coefficient (Wildman–Crippen LogP) is 3.76. The van der Waals surface area contributed by atoms with E-state index < -0.39 is 0 Å². The summed E-state index contributed by atoms with van der Waals surface area (Å²) < 4.78 is 11.4. The molecular weight excluding hydrogens is 250 g/mol. The van der Waals surface area contributed by atoms with Crippen molar-refractivity contribution in [1.29, 1.82) is 0 Å². The van der Waals surface area contributed by atoms with Gasteiger partial charge in [-0.1, -0.05) is 34.1 Å². The Kier molecular flexibility index (Phi) is 6.34. The quantitative estimate of drug-likeness (QED) is 0.824. The van der Waals surface area contributed by atoms with E-state index in [1.54, 1.807) is 7.11 Å². The molecule has 1 N–H and O–H groups in total. The van der Waals surface area contributed by atoms with Crippen LogP contribution in [0.4, 0.5) is 0 Å². The van der Waals surface area contributed by atoms with Gasteiger partial charge >= 0.3 is 0 Å².